The van der Waals surface area contributed by atoms with Crippen molar-refractivity contribution in [1.29, 1.82) is 0 Å². The van der Waals surface area contributed by atoms with Crippen molar-refractivity contribution in [1.82, 2.24) is 0 Å². The van der Waals surface area contributed by atoms with E-state index in [1.54, 1.807) is 18.3 Å². The monoisotopic (exact) mass is 405 g/mol. The number of allylic oxidation sites excluding steroid dienone is 1. The zero-order valence-electron chi connectivity index (χ0n) is 17.0. The third kappa shape index (κ3) is 5.11. The first-order valence-corrected chi connectivity index (χ1v) is 9.25. The molecule has 0 spiro atoms. The summed E-state index contributed by atoms with van der Waals surface area (Å²) in [5.74, 6) is 2.59. The normalized spacial score (nSPS) is 10.5. The van der Waals surface area contributed by atoms with Gasteiger partial charge in [-0.2, -0.15) is 0 Å². The number of rotatable bonds is 9. The Kier molecular flexibility index (Phi) is 6.95. The molecule has 0 atom stereocenters. The minimum atomic E-state index is -0.203. The largest absolute Gasteiger partial charge is 0.493 e. The van der Waals surface area contributed by atoms with Gasteiger partial charge in [-0.15, -0.1) is 0 Å². The Morgan fingerprint density at radius 1 is 0.800 bits per heavy atom. The summed E-state index contributed by atoms with van der Waals surface area (Å²) >= 11 is 0. The van der Waals surface area contributed by atoms with Gasteiger partial charge in [0.15, 0.2) is 17.3 Å². The number of benzene rings is 3. The molecule has 0 aliphatic rings. The number of methoxy groups -OCH3 is 3. The number of carbonyl (C=O) groups is 1. The number of carbonyl (C=O) groups excluding carboxylic acids is 1. The van der Waals surface area contributed by atoms with Gasteiger partial charge in [-0.3, -0.25) is 4.79 Å². The molecule has 0 aliphatic carbocycles. The molecule has 3 rings (SSSR count). The van der Waals surface area contributed by atoms with Crippen LogP contribution in [0.4, 0.5) is 5.69 Å². The maximum Gasteiger partial charge on any atom is 0.203 e. The van der Waals surface area contributed by atoms with Gasteiger partial charge in [0.2, 0.25) is 5.75 Å². The lowest BCUT2D eigenvalue weighted by Crippen LogP contribution is -2.01. The van der Waals surface area contributed by atoms with Crippen molar-refractivity contribution in [2.75, 3.05) is 26.6 Å². The topological polar surface area (TPSA) is 66.0 Å². The highest BCUT2D eigenvalue weighted by Crippen LogP contribution is 2.38. The average molecular weight is 405 g/mol. The van der Waals surface area contributed by atoms with Crippen molar-refractivity contribution in [2.24, 2.45) is 0 Å². The second-order valence-corrected chi connectivity index (χ2v) is 6.20. The molecule has 30 heavy (non-hydrogen) atoms. The molecule has 0 saturated heterocycles. The fraction of sp³-hybridized carbons (Fsp3) is 0.125. The molecule has 6 heteroatoms. The number of anilines is 1. The fourth-order valence-electron chi connectivity index (χ4n) is 2.78. The minimum absolute atomic E-state index is 0.203. The van der Waals surface area contributed by atoms with Gasteiger partial charge in [-0.05, 0) is 48.5 Å². The molecule has 0 fully saturated rings. The maximum atomic E-state index is 12.5. The van der Waals surface area contributed by atoms with Crippen LogP contribution in [0.3, 0.4) is 0 Å². The summed E-state index contributed by atoms with van der Waals surface area (Å²) in [6.45, 7) is 0. The molecule has 0 unspecified atom stereocenters. The van der Waals surface area contributed by atoms with Crippen molar-refractivity contribution in [2.45, 2.75) is 0 Å². The summed E-state index contributed by atoms with van der Waals surface area (Å²) < 4.78 is 21.6. The number of hydrogen-bond acceptors (Lipinski definition) is 6. The SMILES string of the molecule is COc1cc(C(=O)C=CNc2ccc(Oc3ccccc3)cc2)cc(OC)c1OC. The summed E-state index contributed by atoms with van der Waals surface area (Å²) in [5.41, 5.74) is 1.25. The molecular formula is C24H23NO5. The first-order chi connectivity index (χ1) is 14.6. The van der Waals surface area contributed by atoms with Crippen LogP contribution >= 0.6 is 0 Å². The molecule has 3 aromatic carbocycles. The molecule has 6 nitrogen and oxygen atoms in total. The Hall–Kier alpha value is -3.93. The fourth-order valence-corrected chi connectivity index (χ4v) is 2.78. The van der Waals surface area contributed by atoms with Gasteiger partial charge in [-0.25, -0.2) is 0 Å². The Bertz CT molecular complexity index is 989. The molecule has 0 radical (unpaired) electrons. The van der Waals surface area contributed by atoms with Gasteiger partial charge in [0.05, 0.1) is 21.3 Å². The van der Waals surface area contributed by atoms with Crippen LogP contribution in [0.25, 0.3) is 0 Å². The van der Waals surface area contributed by atoms with E-state index in [4.69, 9.17) is 18.9 Å². The predicted molar refractivity (Wildman–Crippen MR) is 116 cm³/mol. The molecule has 154 valence electrons. The lowest BCUT2D eigenvalue weighted by Gasteiger charge is -2.13. The van der Waals surface area contributed by atoms with Crippen molar-refractivity contribution in [3.63, 3.8) is 0 Å². The molecule has 0 heterocycles. The second kappa shape index (κ2) is 10.0. The van der Waals surface area contributed by atoms with E-state index in [2.05, 4.69) is 5.32 Å². The summed E-state index contributed by atoms with van der Waals surface area (Å²) in [5, 5.41) is 3.07. The second-order valence-electron chi connectivity index (χ2n) is 6.20. The number of para-hydroxylation sites is 1. The molecule has 0 amide bonds. The minimum Gasteiger partial charge on any atom is -0.493 e. The third-order valence-corrected chi connectivity index (χ3v) is 4.27. The zero-order chi connectivity index (χ0) is 21.3. The van der Waals surface area contributed by atoms with Gasteiger partial charge in [0.25, 0.3) is 0 Å². The first kappa shape index (κ1) is 20.8. The van der Waals surface area contributed by atoms with Crippen LogP contribution in [-0.2, 0) is 0 Å². The number of hydrogen-bond donors (Lipinski definition) is 1. The lowest BCUT2D eigenvalue weighted by atomic mass is 10.1. The van der Waals surface area contributed by atoms with Crippen LogP contribution in [0.1, 0.15) is 10.4 Å². The van der Waals surface area contributed by atoms with Crippen LogP contribution < -0.4 is 24.3 Å². The van der Waals surface area contributed by atoms with Gasteiger partial charge < -0.3 is 24.3 Å². The molecule has 0 saturated carbocycles. The van der Waals surface area contributed by atoms with E-state index in [-0.39, 0.29) is 5.78 Å². The number of nitrogens with one attached hydrogen (secondary N) is 1. The molecule has 0 bridgehead atoms. The third-order valence-electron chi connectivity index (χ3n) is 4.27. The van der Waals surface area contributed by atoms with Crippen LogP contribution in [0.2, 0.25) is 0 Å². The Labute approximate surface area is 175 Å². The summed E-state index contributed by atoms with van der Waals surface area (Å²) in [7, 11) is 4.53. The molecular weight excluding hydrogens is 382 g/mol. The molecule has 0 aromatic heterocycles. The predicted octanol–water partition coefficient (Wildman–Crippen LogP) is 5.31. The van der Waals surface area contributed by atoms with Crippen LogP contribution in [0, 0.1) is 0 Å². The van der Waals surface area contributed by atoms with E-state index in [0.717, 1.165) is 17.2 Å². The van der Waals surface area contributed by atoms with Crippen molar-refractivity contribution in [3.8, 4) is 28.7 Å². The standard InChI is InChI=1S/C24H23NO5/c1-27-22-15-17(16-23(28-2)24(22)29-3)21(26)13-14-25-18-9-11-20(12-10-18)30-19-7-5-4-6-8-19/h4-16,25H,1-3H3. The van der Waals surface area contributed by atoms with Crippen molar-refractivity contribution < 1.29 is 23.7 Å². The van der Waals surface area contributed by atoms with E-state index in [0.29, 0.717) is 22.8 Å². The molecule has 0 aliphatic heterocycles. The van der Waals surface area contributed by atoms with Crippen LogP contribution in [0.15, 0.2) is 79.0 Å². The van der Waals surface area contributed by atoms with E-state index < -0.39 is 0 Å². The number of ketones is 1. The average Bonchev–Trinajstić information content (AvgIpc) is 2.79. The van der Waals surface area contributed by atoms with Gasteiger partial charge >= 0.3 is 0 Å². The van der Waals surface area contributed by atoms with E-state index in [1.165, 1.54) is 27.4 Å². The smallest absolute Gasteiger partial charge is 0.203 e. The Morgan fingerprint density at radius 3 is 1.97 bits per heavy atom. The summed E-state index contributed by atoms with van der Waals surface area (Å²) in [6.07, 6.45) is 3.02. The highest BCUT2D eigenvalue weighted by atomic mass is 16.5. The Balaban J connectivity index is 1.64. The molecule has 1 N–H and O–H groups in total. The van der Waals surface area contributed by atoms with Gasteiger partial charge in [0, 0.05) is 23.5 Å². The summed E-state index contributed by atoms with van der Waals surface area (Å²) in [6, 6.07) is 20.2. The quantitative estimate of drug-likeness (QED) is 0.384. The van der Waals surface area contributed by atoms with Crippen LogP contribution in [0.5, 0.6) is 28.7 Å². The van der Waals surface area contributed by atoms with Crippen molar-refractivity contribution >= 4 is 11.5 Å². The van der Waals surface area contributed by atoms with E-state index >= 15 is 0 Å². The first-order valence-electron chi connectivity index (χ1n) is 9.25. The van der Waals surface area contributed by atoms with Crippen LogP contribution in [-0.4, -0.2) is 27.1 Å². The zero-order valence-corrected chi connectivity index (χ0v) is 17.0. The maximum absolute atomic E-state index is 12.5. The van der Waals surface area contributed by atoms with E-state index in [1.807, 2.05) is 54.6 Å². The number of ether oxygens (including phenoxy) is 4. The lowest BCUT2D eigenvalue weighted by molar-refractivity contribution is 0.104. The van der Waals surface area contributed by atoms with E-state index in [9.17, 15) is 4.79 Å². The van der Waals surface area contributed by atoms with Crippen molar-refractivity contribution in [3.05, 3.63) is 84.6 Å². The highest BCUT2D eigenvalue weighted by Gasteiger charge is 2.15. The Morgan fingerprint density at radius 2 is 1.40 bits per heavy atom. The van der Waals surface area contributed by atoms with Gasteiger partial charge in [-0.1, -0.05) is 18.2 Å². The molecule has 3 aromatic rings. The van der Waals surface area contributed by atoms with Gasteiger partial charge in [0.1, 0.15) is 11.5 Å². The summed E-state index contributed by atoms with van der Waals surface area (Å²) in [4.78, 5) is 12.5. The highest BCUT2D eigenvalue weighted by molar-refractivity contribution is 6.05.